The summed E-state index contributed by atoms with van der Waals surface area (Å²) < 4.78 is 5.07. The minimum atomic E-state index is -1.21. The normalized spacial score (nSPS) is 15.2. The number of hydrogen-bond acceptors (Lipinski definition) is 5. The van der Waals surface area contributed by atoms with Crippen LogP contribution in [-0.4, -0.2) is 52.2 Å². The third kappa shape index (κ3) is 7.00. The number of alkyl carbamates (subject to hydrolysis) is 1. The zero-order chi connectivity index (χ0) is 17.6. The molecule has 0 aromatic heterocycles. The molecule has 2 N–H and O–H groups in total. The van der Waals surface area contributed by atoms with Crippen molar-refractivity contribution >= 4 is 18.0 Å². The number of nitrogens with zero attached hydrogens (tertiary/aromatic N) is 2. The summed E-state index contributed by atoms with van der Waals surface area (Å²) in [7, 11) is 0. The van der Waals surface area contributed by atoms with Gasteiger partial charge in [-0.25, -0.2) is 4.79 Å². The van der Waals surface area contributed by atoms with Crippen LogP contribution in [0.1, 0.15) is 46.5 Å². The van der Waals surface area contributed by atoms with E-state index in [4.69, 9.17) is 15.1 Å². The first-order valence-electron chi connectivity index (χ1n) is 7.53. The maximum absolute atomic E-state index is 12.6. The number of carbonyl (C=O) groups excluding carboxylic acids is 2. The number of rotatable bonds is 7. The van der Waals surface area contributed by atoms with E-state index in [0.29, 0.717) is 0 Å². The predicted molar refractivity (Wildman–Crippen MR) is 80.4 cm³/mol. The first-order valence-corrected chi connectivity index (χ1v) is 7.53. The second-order valence-corrected chi connectivity index (χ2v) is 6.47. The van der Waals surface area contributed by atoms with Crippen LogP contribution in [0.5, 0.6) is 0 Å². The summed E-state index contributed by atoms with van der Waals surface area (Å²) in [6.45, 7) is 5.24. The Morgan fingerprint density at radius 2 is 2.00 bits per heavy atom. The lowest BCUT2D eigenvalue weighted by Crippen LogP contribution is -2.51. The Labute approximate surface area is 135 Å². The fraction of sp³-hybridized carbons (Fsp3) is 0.733. The Hall–Kier alpha value is -2.30. The summed E-state index contributed by atoms with van der Waals surface area (Å²) in [4.78, 5) is 36.8. The molecule has 0 aromatic rings. The average molecular weight is 325 g/mol. The molecule has 1 atom stereocenters. The zero-order valence-electron chi connectivity index (χ0n) is 13.7. The van der Waals surface area contributed by atoms with Crippen LogP contribution < -0.4 is 5.32 Å². The number of carboxylic acid groups (broad SMARTS) is 1. The molecule has 0 heterocycles. The van der Waals surface area contributed by atoms with Crippen molar-refractivity contribution in [3.63, 3.8) is 0 Å². The summed E-state index contributed by atoms with van der Waals surface area (Å²) in [5.41, 5.74) is -0.752. The second kappa shape index (κ2) is 7.81. The monoisotopic (exact) mass is 325 g/mol. The van der Waals surface area contributed by atoms with Crippen LogP contribution in [0.3, 0.4) is 0 Å². The highest BCUT2D eigenvalue weighted by Crippen LogP contribution is 2.27. The predicted octanol–water partition coefficient (Wildman–Crippen LogP) is 1.26. The highest BCUT2D eigenvalue weighted by atomic mass is 16.6. The topological polar surface area (TPSA) is 120 Å². The molecule has 128 valence electrons. The average Bonchev–Trinajstić information content (AvgIpc) is 3.19. The van der Waals surface area contributed by atoms with Crippen molar-refractivity contribution in [1.29, 1.82) is 5.26 Å². The first kappa shape index (κ1) is 18.7. The number of hydrogen-bond donors (Lipinski definition) is 2. The van der Waals surface area contributed by atoms with Crippen molar-refractivity contribution in [3.05, 3.63) is 0 Å². The lowest BCUT2D eigenvalue weighted by atomic mass is 10.1. The van der Waals surface area contributed by atoms with E-state index in [9.17, 15) is 14.4 Å². The molecule has 1 aliphatic rings. The second-order valence-electron chi connectivity index (χ2n) is 6.47. The van der Waals surface area contributed by atoms with Crippen molar-refractivity contribution in [2.24, 2.45) is 0 Å². The van der Waals surface area contributed by atoms with Crippen LogP contribution in [-0.2, 0) is 14.3 Å². The molecular formula is C15H23N3O5. The van der Waals surface area contributed by atoms with Gasteiger partial charge in [-0.2, -0.15) is 5.26 Å². The molecule has 1 fully saturated rings. The SMILES string of the molecule is CC(C)(C)OC(=O)NC(CC(=O)O)C(=O)N(CCC#N)C1CC1. The minimum Gasteiger partial charge on any atom is -0.481 e. The van der Waals surface area contributed by atoms with E-state index in [0.717, 1.165) is 12.8 Å². The van der Waals surface area contributed by atoms with Gasteiger partial charge in [0.15, 0.2) is 0 Å². The number of nitrogens with one attached hydrogen (secondary N) is 1. The number of carboxylic acids is 1. The van der Waals surface area contributed by atoms with E-state index >= 15 is 0 Å². The first-order chi connectivity index (χ1) is 10.6. The van der Waals surface area contributed by atoms with Gasteiger partial charge in [0.2, 0.25) is 5.91 Å². The smallest absolute Gasteiger partial charge is 0.408 e. The lowest BCUT2D eigenvalue weighted by Gasteiger charge is -2.27. The van der Waals surface area contributed by atoms with Crippen LogP contribution in [0.4, 0.5) is 4.79 Å². The minimum absolute atomic E-state index is 0.0209. The Kier molecular flexibility index (Phi) is 6.37. The van der Waals surface area contributed by atoms with Gasteiger partial charge < -0.3 is 20.1 Å². The van der Waals surface area contributed by atoms with Gasteiger partial charge in [0.05, 0.1) is 18.9 Å². The van der Waals surface area contributed by atoms with Crippen molar-refractivity contribution in [1.82, 2.24) is 10.2 Å². The number of amides is 2. The molecule has 0 bridgehead atoms. The largest absolute Gasteiger partial charge is 0.481 e. The van der Waals surface area contributed by atoms with Gasteiger partial charge in [-0.1, -0.05) is 0 Å². The Morgan fingerprint density at radius 1 is 1.39 bits per heavy atom. The van der Waals surface area contributed by atoms with Gasteiger partial charge in [-0.15, -0.1) is 0 Å². The van der Waals surface area contributed by atoms with E-state index in [-0.39, 0.29) is 19.0 Å². The maximum Gasteiger partial charge on any atom is 0.408 e. The van der Waals surface area contributed by atoms with Crippen LogP contribution in [0, 0.1) is 11.3 Å². The summed E-state index contributed by atoms with van der Waals surface area (Å²) in [5, 5.41) is 20.0. The van der Waals surface area contributed by atoms with Crippen LogP contribution in [0.15, 0.2) is 0 Å². The molecule has 0 saturated heterocycles. The van der Waals surface area contributed by atoms with Gasteiger partial charge in [-0.3, -0.25) is 9.59 Å². The molecule has 1 saturated carbocycles. The molecule has 1 rings (SSSR count). The van der Waals surface area contributed by atoms with Gasteiger partial charge in [0.1, 0.15) is 11.6 Å². The molecular weight excluding hydrogens is 302 g/mol. The third-order valence-electron chi connectivity index (χ3n) is 3.10. The summed E-state index contributed by atoms with van der Waals surface area (Å²) in [6.07, 6.45) is 0.433. The highest BCUT2D eigenvalue weighted by molar-refractivity contribution is 5.89. The molecule has 0 aromatic carbocycles. The van der Waals surface area contributed by atoms with Crippen LogP contribution >= 0.6 is 0 Å². The van der Waals surface area contributed by atoms with Crippen molar-refractivity contribution in [2.75, 3.05) is 6.54 Å². The summed E-state index contributed by atoms with van der Waals surface area (Å²) in [6, 6.07) is 0.779. The third-order valence-corrected chi connectivity index (χ3v) is 3.10. The zero-order valence-corrected chi connectivity index (χ0v) is 13.7. The van der Waals surface area contributed by atoms with E-state index in [1.807, 2.05) is 6.07 Å². The lowest BCUT2D eigenvalue weighted by molar-refractivity contribution is -0.142. The molecule has 8 heteroatoms. The Morgan fingerprint density at radius 3 is 2.43 bits per heavy atom. The fourth-order valence-corrected chi connectivity index (χ4v) is 2.05. The van der Waals surface area contributed by atoms with Crippen molar-refractivity contribution in [2.45, 2.75) is 64.1 Å². The van der Waals surface area contributed by atoms with Gasteiger partial charge >= 0.3 is 12.1 Å². The van der Waals surface area contributed by atoms with E-state index in [1.54, 1.807) is 20.8 Å². The van der Waals surface area contributed by atoms with Crippen LogP contribution in [0.25, 0.3) is 0 Å². The Balaban J connectivity index is 2.78. The molecule has 1 aliphatic carbocycles. The maximum atomic E-state index is 12.6. The van der Waals surface area contributed by atoms with Crippen molar-refractivity contribution < 1.29 is 24.2 Å². The van der Waals surface area contributed by atoms with Crippen molar-refractivity contribution in [3.8, 4) is 6.07 Å². The van der Waals surface area contributed by atoms with Gasteiger partial charge in [-0.05, 0) is 33.6 Å². The summed E-state index contributed by atoms with van der Waals surface area (Å²) in [5.74, 6) is -1.69. The van der Waals surface area contributed by atoms with Gasteiger partial charge in [0.25, 0.3) is 0 Å². The highest BCUT2D eigenvalue weighted by Gasteiger charge is 2.37. The van der Waals surface area contributed by atoms with E-state index in [1.165, 1.54) is 4.90 Å². The van der Waals surface area contributed by atoms with E-state index < -0.39 is 36.0 Å². The molecule has 2 amide bonds. The molecule has 23 heavy (non-hydrogen) atoms. The fourth-order valence-electron chi connectivity index (χ4n) is 2.05. The van der Waals surface area contributed by atoms with Crippen LogP contribution in [0.2, 0.25) is 0 Å². The molecule has 8 nitrogen and oxygen atoms in total. The molecule has 0 radical (unpaired) electrons. The number of nitriles is 1. The summed E-state index contributed by atoms with van der Waals surface area (Å²) >= 11 is 0. The molecule has 0 aliphatic heterocycles. The molecule has 0 spiro atoms. The number of ether oxygens (including phenoxy) is 1. The van der Waals surface area contributed by atoms with E-state index in [2.05, 4.69) is 5.32 Å². The number of aliphatic carboxylic acids is 1. The quantitative estimate of drug-likeness (QED) is 0.727. The Bertz CT molecular complexity index is 502. The molecule has 1 unspecified atom stereocenters. The standard InChI is InChI=1S/C15H23N3O5/c1-15(2,3)23-14(22)17-11(9-12(19)20)13(21)18(8-4-7-16)10-5-6-10/h10-11H,4-6,8-9H2,1-3H3,(H,17,22)(H,19,20). The number of carbonyl (C=O) groups is 3. The van der Waals surface area contributed by atoms with Gasteiger partial charge in [0, 0.05) is 12.6 Å².